The molecule has 0 saturated heterocycles. The second-order valence-electron chi connectivity index (χ2n) is 5.70. The smallest absolute Gasteiger partial charge is 0.365 e. The fourth-order valence-electron chi connectivity index (χ4n) is 2.64. The Balaban J connectivity index is 2.08. The molecule has 0 bridgehead atoms. The summed E-state index contributed by atoms with van der Waals surface area (Å²) in [7, 11) is 0. The van der Waals surface area contributed by atoms with Gasteiger partial charge in [0.25, 0.3) is 11.6 Å². The summed E-state index contributed by atoms with van der Waals surface area (Å²) in [4.78, 5) is 26.6. The third-order valence-corrected chi connectivity index (χ3v) is 3.95. The summed E-state index contributed by atoms with van der Waals surface area (Å²) >= 11 is 0. The maximum absolute atomic E-state index is 13.1. The number of alkyl halides is 3. The summed E-state index contributed by atoms with van der Waals surface area (Å²) < 4.78 is 39.4. The first-order chi connectivity index (χ1) is 12.6. The summed E-state index contributed by atoms with van der Waals surface area (Å²) in [6, 6.07) is 6.92. The molecule has 2 aromatic rings. The maximum Gasteiger partial charge on any atom is 0.431 e. The van der Waals surface area contributed by atoms with E-state index in [0.717, 1.165) is 12.1 Å². The molecule has 1 atom stereocenters. The molecule has 3 rings (SSSR count). The number of amides is 1. The van der Waals surface area contributed by atoms with Gasteiger partial charge in [-0.15, -0.1) is 0 Å². The lowest BCUT2D eigenvalue weighted by Gasteiger charge is -2.31. The van der Waals surface area contributed by atoms with Crippen LogP contribution in [0.1, 0.15) is 22.3 Å². The second-order valence-corrected chi connectivity index (χ2v) is 5.70. The number of pyridine rings is 1. The molecule has 1 aromatic heterocycles. The molecule has 140 valence electrons. The van der Waals surface area contributed by atoms with Crippen LogP contribution in [0.25, 0.3) is 0 Å². The first-order valence-electron chi connectivity index (χ1n) is 7.49. The molecule has 27 heavy (non-hydrogen) atoms. The SMILES string of the molecule is O=C(c1cccc([N+](=O)[O-])c1)N1N=C(C(F)(F)F)C[C@]1(O)c1ccncc1. The molecule has 1 N–H and O–H groups in total. The number of aromatic nitrogens is 1. The van der Waals surface area contributed by atoms with E-state index in [1.54, 1.807) is 0 Å². The van der Waals surface area contributed by atoms with Crippen LogP contribution in [0.5, 0.6) is 0 Å². The topological polar surface area (TPSA) is 109 Å². The van der Waals surface area contributed by atoms with E-state index in [9.17, 15) is 33.2 Å². The van der Waals surface area contributed by atoms with Gasteiger partial charge < -0.3 is 5.11 Å². The van der Waals surface area contributed by atoms with Crippen LogP contribution in [-0.4, -0.2) is 37.8 Å². The van der Waals surface area contributed by atoms with Crippen molar-refractivity contribution in [2.24, 2.45) is 5.10 Å². The molecule has 0 fully saturated rings. The minimum Gasteiger partial charge on any atom is -0.365 e. The lowest BCUT2D eigenvalue weighted by molar-refractivity contribution is -0.384. The quantitative estimate of drug-likeness (QED) is 0.650. The van der Waals surface area contributed by atoms with Crippen LogP contribution < -0.4 is 0 Å². The van der Waals surface area contributed by atoms with Crippen molar-refractivity contribution in [3.8, 4) is 0 Å². The van der Waals surface area contributed by atoms with Crippen LogP contribution in [0.2, 0.25) is 0 Å². The van der Waals surface area contributed by atoms with Crippen molar-refractivity contribution < 1.29 is 28.0 Å². The molecule has 8 nitrogen and oxygen atoms in total. The van der Waals surface area contributed by atoms with Gasteiger partial charge in [-0.05, 0) is 18.2 Å². The summed E-state index contributed by atoms with van der Waals surface area (Å²) in [5, 5.41) is 25.3. The largest absolute Gasteiger partial charge is 0.431 e. The van der Waals surface area contributed by atoms with Crippen molar-refractivity contribution in [2.75, 3.05) is 0 Å². The number of benzene rings is 1. The highest BCUT2D eigenvalue weighted by Gasteiger charge is 2.53. The van der Waals surface area contributed by atoms with Gasteiger partial charge in [-0.1, -0.05) is 6.07 Å². The number of rotatable bonds is 3. The first kappa shape index (κ1) is 18.5. The fourth-order valence-corrected chi connectivity index (χ4v) is 2.64. The molecule has 0 unspecified atom stereocenters. The standard InChI is InChI=1S/C16H11F3N4O4/c17-16(18,19)13-9-15(25,11-4-6-20-7-5-11)22(21-13)14(24)10-2-1-3-12(8-10)23(26)27/h1-8,25H,9H2/t15-/m0/s1. The lowest BCUT2D eigenvalue weighted by atomic mass is 9.97. The summed E-state index contributed by atoms with van der Waals surface area (Å²) in [5.41, 5.74) is -4.49. The Bertz CT molecular complexity index is 933. The third-order valence-electron chi connectivity index (χ3n) is 3.95. The second kappa shape index (κ2) is 6.43. The van der Waals surface area contributed by atoms with Crippen LogP contribution in [0.3, 0.4) is 0 Å². The Morgan fingerprint density at radius 2 is 1.93 bits per heavy atom. The lowest BCUT2D eigenvalue weighted by Crippen LogP contribution is -2.43. The minimum atomic E-state index is -4.86. The molecule has 2 heterocycles. The van der Waals surface area contributed by atoms with Crippen LogP contribution in [-0.2, 0) is 5.72 Å². The Morgan fingerprint density at radius 3 is 2.52 bits per heavy atom. The number of hydrazone groups is 1. The number of nitro groups is 1. The molecule has 0 saturated carbocycles. The average molecular weight is 380 g/mol. The molecule has 1 aliphatic rings. The zero-order valence-electron chi connectivity index (χ0n) is 13.4. The number of non-ortho nitro benzene ring substituents is 1. The molecule has 0 spiro atoms. The van der Waals surface area contributed by atoms with Crippen molar-refractivity contribution in [3.63, 3.8) is 0 Å². The van der Waals surface area contributed by atoms with Gasteiger partial charge in [-0.2, -0.15) is 23.3 Å². The predicted octanol–water partition coefficient (Wildman–Crippen LogP) is 2.60. The van der Waals surface area contributed by atoms with E-state index in [4.69, 9.17) is 0 Å². The summed E-state index contributed by atoms with van der Waals surface area (Å²) in [6.45, 7) is 0. The molecule has 11 heteroatoms. The summed E-state index contributed by atoms with van der Waals surface area (Å²) in [6.07, 6.45) is -3.36. The van der Waals surface area contributed by atoms with E-state index in [2.05, 4.69) is 10.1 Å². The zero-order chi connectivity index (χ0) is 19.8. The number of carbonyl (C=O) groups is 1. The highest BCUT2D eigenvalue weighted by Crippen LogP contribution is 2.40. The number of hydrogen-bond acceptors (Lipinski definition) is 6. The molecule has 1 aliphatic heterocycles. The van der Waals surface area contributed by atoms with Crippen molar-refractivity contribution in [1.82, 2.24) is 9.99 Å². The number of hydrogen-bond donors (Lipinski definition) is 1. The molecular formula is C16H11F3N4O4. The fraction of sp³-hybridized carbons (Fsp3) is 0.188. The molecular weight excluding hydrogens is 369 g/mol. The van der Waals surface area contributed by atoms with Crippen molar-refractivity contribution in [1.29, 1.82) is 0 Å². The van der Waals surface area contributed by atoms with Crippen LogP contribution in [0.4, 0.5) is 18.9 Å². The Morgan fingerprint density at radius 1 is 1.26 bits per heavy atom. The molecule has 1 amide bonds. The van der Waals surface area contributed by atoms with Crippen molar-refractivity contribution in [2.45, 2.75) is 18.3 Å². The Labute approximate surface area is 149 Å². The summed E-state index contributed by atoms with van der Waals surface area (Å²) in [5.74, 6) is -1.11. The highest BCUT2D eigenvalue weighted by molar-refractivity contribution is 6.00. The number of nitrogens with zero attached hydrogens (tertiary/aromatic N) is 4. The van der Waals surface area contributed by atoms with Gasteiger partial charge in [0, 0.05) is 35.7 Å². The van der Waals surface area contributed by atoms with Gasteiger partial charge in [0.1, 0.15) is 5.71 Å². The van der Waals surface area contributed by atoms with Gasteiger partial charge in [-0.3, -0.25) is 19.9 Å². The van der Waals surface area contributed by atoms with Crippen LogP contribution >= 0.6 is 0 Å². The maximum atomic E-state index is 13.1. The Hall–Kier alpha value is -3.34. The Kier molecular flexibility index (Phi) is 4.39. The van der Waals surface area contributed by atoms with Gasteiger partial charge in [0.05, 0.1) is 11.3 Å². The van der Waals surface area contributed by atoms with Crippen LogP contribution in [0, 0.1) is 10.1 Å². The zero-order valence-corrected chi connectivity index (χ0v) is 13.4. The number of nitro benzene ring substituents is 1. The van der Waals surface area contributed by atoms with Gasteiger partial charge in [0.15, 0.2) is 5.72 Å². The normalized spacial score (nSPS) is 19.7. The molecule has 0 aliphatic carbocycles. The predicted molar refractivity (Wildman–Crippen MR) is 85.5 cm³/mol. The van der Waals surface area contributed by atoms with Gasteiger partial charge in [0.2, 0.25) is 0 Å². The van der Waals surface area contributed by atoms with E-state index >= 15 is 0 Å². The molecule has 0 radical (unpaired) electrons. The van der Waals surface area contributed by atoms with E-state index in [1.165, 1.54) is 36.7 Å². The highest BCUT2D eigenvalue weighted by atomic mass is 19.4. The van der Waals surface area contributed by atoms with E-state index in [-0.39, 0.29) is 11.1 Å². The monoisotopic (exact) mass is 380 g/mol. The van der Waals surface area contributed by atoms with E-state index < -0.39 is 40.6 Å². The van der Waals surface area contributed by atoms with E-state index in [1.807, 2.05) is 0 Å². The van der Waals surface area contributed by atoms with Gasteiger partial charge in [-0.25, -0.2) is 0 Å². The molecule has 1 aromatic carbocycles. The average Bonchev–Trinajstić information content (AvgIpc) is 3.01. The van der Waals surface area contributed by atoms with Crippen LogP contribution in [0.15, 0.2) is 53.9 Å². The first-order valence-corrected chi connectivity index (χ1v) is 7.49. The number of carbonyl (C=O) groups excluding carboxylic acids is 1. The number of halogens is 3. The number of aliphatic hydroxyl groups is 1. The van der Waals surface area contributed by atoms with Gasteiger partial charge >= 0.3 is 6.18 Å². The van der Waals surface area contributed by atoms with Crippen molar-refractivity contribution in [3.05, 3.63) is 70.0 Å². The minimum absolute atomic E-state index is 0.0284. The van der Waals surface area contributed by atoms with E-state index in [0.29, 0.717) is 5.01 Å². The van der Waals surface area contributed by atoms with Crippen molar-refractivity contribution >= 4 is 17.3 Å². The third kappa shape index (κ3) is 3.36.